The van der Waals surface area contributed by atoms with E-state index in [1.807, 2.05) is 13.8 Å². The van der Waals surface area contributed by atoms with Gasteiger partial charge in [0.05, 0.1) is 22.4 Å². The largest absolute Gasteiger partial charge is 0.323 e. The normalized spacial score (nSPS) is 11.0. The summed E-state index contributed by atoms with van der Waals surface area (Å²) in [6, 6.07) is 3.67. The number of carbonyl (C=O) groups excluding carboxylic acids is 1. The van der Waals surface area contributed by atoms with Crippen LogP contribution in [-0.2, 0) is 11.3 Å². The SMILES string of the molecule is Cc1sc2ncn(CC(=O)Nc3ccc(F)cc3Cl)c(=O)c2c1C. The molecule has 0 unspecified atom stereocenters. The molecule has 8 heteroatoms. The highest BCUT2D eigenvalue weighted by Crippen LogP contribution is 2.25. The predicted octanol–water partition coefficient (Wildman–Crippen LogP) is 3.51. The maximum absolute atomic E-state index is 13.0. The Kier molecular flexibility index (Phi) is 4.38. The van der Waals surface area contributed by atoms with Gasteiger partial charge in [0.25, 0.3) is 5.56 Å². The first kappa shape index (κ1) is 16.6. The summed E-state index contributed by atoms with van der Waals surface area (Å²) in [5.41, 5.74) is 0.902. The van der Waals surface area contributed by atoms with Gasteiger partial charge in [-0.2, -0.15) is 0 Å². The fraction of sp³-hybridized carbons (Fsp3) is 0.188. The van der Waals surface area contributed by atoms with Gasteiger partial charge in [-0.15, -0.1) is 11.3 Å². The summed E-state index contributed by atoms with van der Waals surface area (Å²) in [5.74, 6) is -0.941. The predicted molar refractivity (Wildman–Crippen MR) is 93.4 cm³/mol. The van der Waals surface area contributed by atoms with Gasteiger partial charge in [-0.05, 0) is 37.6 Å². The molecule has 3 rings (SSSR count). The van der Waals surface area contributed by atoms with Gasteiger partial charge in [0.2, 0.25) is 5.91 Å². The van der Waals surface area contributed by atoms with Crippen LogP contribution in [0.4, 0.5) is 10.1 Å². The second-order valence-corrected chi connectivity index (χ2v) is 6.92. The molecule has 3 aromatic rings. The maximum atomic E-state index is 13.0. The molecule has 0 aliphatic rings. The molecule has 0 saturated carbocycles. The van der Waals surface area contributed by atoms with Crippen molar-refractivity contribution in [3.8, 4) is 0 Å². The monoisotopic (exact) mass is 365 g/mol. The van der Waals surface area contributed by atoms with Crippen molar-refractivity contribution in [1.82, 2.24) is 9.55 Å². The van der Waals surface area contributed by atoms with E-state index in [0.29, 0.717) is 10.2 Å². The van der Waals surface area contributed by atoms with Crippen molar-refractivity contribution in [2.75, 3.05) is 5.32 Å². The average molecular weight is 366 g/mol. The van der Waals surface area contributed by atoms with E-state index in [9.17, 15) is 14.0 Å². The number of rotatable bonds is 3. The molecule has 0 spiro atoms. The van der Waals surface area contributed by atoms with Crippen LogP contribution in [-0.4, -0.2) is 15.5 Å². The maximum Gasteiger partial charge on any atom is 0.262 e. The summed E-state index contributed by atoms with van der Waals surface area (Å²) >= 11 is 7.32. The van der Waals surface area contributed by atoms with Crippen molar-refractivity contribution in [1.29, 1.82) is 0 Å². The average Bonchev–Trinajstić information content (AvgIpc) is 2.81. The molecule has 1 amide bonds. The molecule has 0 aliphatic heterocycles. The molecule has 2 heterocycles. The van der Waals surface area contributed by atoms with Crippen LogP contribution in [0, 0.1) is 19.7 Å². The Morgan fingerprint density at radius 1 is 1.42 bits per heavy atom. The lowest BCUT2D eigenvalue weighted by Crippen LogP contribution is -2.28. The van der Waals surface area contributed by atoms with Crippen LogP contribution in [0.5, 0.6) is 0 Å². The first-order valence-electron chi connectivity index (χ1n) is 7.07. The van der Waals surface area contributed by atoms with E-state index in [0.717, 1.165) is 16.5 Å². The number of fused-ring (bicyclic) bond motifs is 1. The van der Waals surface area contributed by atoms with Gasteiger partial charge < -0.3 is 5.32 Å². The lowest BCUT2D eigenvalue weighted by atomic mass is 10.2. The Bertz CT molecular complexity index is 1010. The number of amides is 1. The summed E-state index contributed by atoms with van der Waals surface area (Å²) in [4.78, 5) is 30.6. The molecule has 1 aromatic carbocycles. The molecular formula is C16H13ClFN3O2S. The number of halogens is 2. The van der Waals surface area contributed by atoms with Crippen LogP contribution in [0.2, 0.25) is 5.02 Å². The highest BCUT2D eigenvalue weighted by Gasteiger charge is 2.14. The van der Waals surface area contributed by atoms with E-state index < -0.39 is 11.7 Å². The van der Waals surface area contributed by atoms with Gasteiger partial charge in [0, 0.05) is 4.88 Å². The highest BCUT2D eigenvalue weighted by molar-refractivity contribution is 7.18. The zero-order chi connectivity index (χ0) is 17.4. The number of thiophene rings is 1. The Balaban J connectivity index is 1.87. The third kappa shape index (κ3) is 3.05. The smallest absolute Gasteiger partial charge is 0.262 e. The van der Waals surface area contributed by atoms with E-state index >= 15 is 0 Å². The van der Waals surface area contributed by atoms with E-state index in [-0.39, 0.29) is 22.8 Å². The van der Waals surface area contributed by atoms with E-state index in [4.69, 9.17) is 11.6 Å². The Morgan fingerprint density at radius 3 is 2.88 bits per heavy atom. The Labute approximate surface area is 145 Å². The van der Waals surface area contributed by atoms with Crippen molar-refractivity contribution in [3.63, 3.8) is 0 Å². The number of aromatic nitrogens is 2. The quantitative estimate of drug-likeness (QED) is 0.772. The number of aryl methyl sites for hydroxylation is 2. The molecule has 5 nitrogen and oxygen atoms in total. The minimum Gasteiger partial charge on any atom is -0.323 e. The van der Waals surface area contributed by atoms with Crippen molar-refractivity contribution in [2.24, 2.45) is 0 Å². The number of benzene rings is 1. The van der Waals surface area contributed by atoms with Gasteiger partial charge in [-0.1, -0.05) is 11.6 Å². The Morgan fingerprint density at radius 2 is 2.17 bits per heavy atom. The lowest BCUT2D eigenvalue weighted by molar-refractivity contribution is -0.116. The Hall–Kier alpha value is -2.25. The van der Waals surface area contributed by atoms with Crippen molar-refractivity contribution in [2.45, 2.75) is 20.4 Å². The van der Waals surface area contributed by atoms with Crippen LogP contribution in [0.15, 0.2) is 29.3 Å². The van der Waals surface area contributed by atoms with Gasteiger partial charge in [-0.25, -0.2) is 9.37 Å². The second-order valence-electron chi connectivity index (χ2n) is 5.31. The van der Waals surface area contributed by atoms with E-state index in [1.54, 1.807) is 0 Å². The summed E-state index contributed by atoms with van der Waals surface area (Å²) in [6.07, 6.45) is 1.35. The molecule has 0 aliphatic carbocycles. The highest BCUT2D eigenvalue weighted by atomic mass is 35.5. The fourth-order valence-corrected chi connectivity index (χ4v) is 3.52. The summed E-state index contributed by atoms with van der Waals surface area (Å²) in [5, 5.41) is 3.18. The first-order chi connectivity index (χ1) is 11.4. The molecule has 0 bridgehead atoms. The van der Waals surface area contributed by atoms with Crippen molar-refractivity contribution >= 4 is 44.7 Å². The summed E-state index contributed by atoms with van der Waals surface area (Å²) in [6.45, 7) is 3.58. The summed E-state index contributed by atoms with van der Waals surface area (Å²) < 4.78 is 14.3. The van der Waals surface area contributed by atoms with Crippen LogP contribution >= 0.6 is 22.9 Å². The van der Waals surface area contributed by atoms with Crippen molar-refractivity contribution < 1.29 is 9.18 Å². The van der Waals surface area contributed by atoms with Crippen LogP contribution < -0.4 is 10.9 Å². The lowest BCUT2D eigenvalue weighted by Gasteiger charge is -2.09. The molecule has 124 valence electrons. The van der Waals surface area contributed by atoms with Gasteiger partial charge in [0.1, 0.15) is 17.2 Å². The third-order valence-electron chi connectivity index (χ3n) is 3.67. The number of nitrogens with zero attached hydrogens (tertiary/aromatic N) is 2. The minimum absolute atomic E-state index is 0.0913. The molecule has 0 atom stereocenters. The number of carbonyl (C=O) groups is 1. The van der Waals surface area contributed by atoms with E-state index in [2.05, 4.69) is 10.3 Å². The second kappa shape index (κ2) is 6.33. The molecule has 0 radical (unpaired) electrons. The molecule has 0 saturated heterocycles. The molecular weight excluding hydrogens is 353 g/mol. The van der Waals surface area contributed by atoms with Crippen LogP contribution in [0.25, 0.3) is 10.2 Å². The molecule has 24 heavy (non-hydrogen) atoms. The third-order valence-corrected chi connectivity index (χ3v) is 5.10. The first-order valence-corrected chi connectivity index (χ1v) is 8.26. The zero-order valence-electron chi connectivity index (χ0n) is 12.9. The molecule has 2 aromatic heterocycles. The topological polar surface area (TPSA) is 64.0 Å². The summed E-state index contributed by atoms with van der Waals surface area (Å²) in [7, 11) is 0. The van der Waals surface area contributed by atoms with Gasteiger partial charge in [0.15, 0.2) is 0 Å². The van der Waals surface area contributed by atoms with Crippen LogP contribution in [0.3, 0.4) is 0 Å². The number of hydrogen-bond donors (Lipinski definition) is 1. The molecule has 1 N–H and O–H groups in total. The van der Waals surface area contributed by atoms with Gasteiger partial charge >= 0.3 is 0 Å². The number of nitrogens with one attached hydrogen (secondary N) is 1. The number of anilines is 1. The zero-order valence-corrected chi connectivity index (χ0v) is 14.5. The van der Waals surface area contributed by atoms with Gasteiger partial charge in [-0.3, -0.25) is 14.2 Å². The fourth-order valence-electron chi connectivity index (χ4n) is 2.32. The van der Waals surface area contributed by atoms with E-state index in [1.165, 1.54) is 34.4 Å². The molecule has 0 fully saturated rings. The minimum atomic E-state index is -0.493. The number of hydrogen-bond acceptors (Lipinski definition) is 4. The van der Waals surface area contributed by atoms with Crippen LogP contribution in [0.1, 0.15) is 10.4 Å². The standard InChI is InChI=1S/C16H13ClFN3O2S/c1-8-9(2)24-15-14(8)16(23)21(7-19-15)6-13(22)20-12-4-3-10(18)5-11(12)17/h3-5,7H,6H2,1-2H3,(H,20,22). The van der Waals surface area contributed by atoms with Crippen molar-refractivity contribution in [3.05, 3.63) is 56.2 Å².